The Kier molecular flexibility index (Phi) is 4.57. The number of benzene rings is 1. The third kappa shape index (κ3) is 3.87. The molecule has 1 aliphatic carbocycles. The fraction of sp³-hybridized carbons (Fsp3) is 0.400. The van der Waals surface area contributed by atoms with Crippen molar-refractivity contribution in [3.8, 4) is 6.07 Å². The highest BCUT2D eigenvalue weighted by Crippen LogP contribution is 2.36. The Hall–Kier alpha value is -2.40. The third-order valence-corrected chi connectivity index (χ3v) is 4.53. The first-order valence-corrected chi connectivity index (χ1v) is 8.29. The minimum absolute atomic E-state index is 0.0182. The molecule has 0 radical (unpaired) electrons. The summed E-state index contributed by atoms with van der Waals surface area (Å²) in [7, 11) is 1.77. The van der Waals surface area contributed by atoms with Gasteiger partial charge in [0.2, 0.25) is 11.1 Å². The largest absolute Gasteiger partial charge is 0.341 e. The molecule has 0 unspecified atom stereocenters. The van der Waals surface area contributed by atoms with E-state index in [1.165, 1.54) is 11.8 Å². The molecular formula is C15H16N6OS. The van der Waals surface area contributed by atoms with E-state index in [2.05, 4.69) is 21.6 Å². The highest BCUT2D eigenvalue weighted by Gasteiger charge is 2.28. The average Bonchev–Trinajstić information content (AvgIpc) is 3.31. The van der Waals surface area contributed by atoms with E-state index < -0.39 is 0 Å². The van der Waals surface area contributed by atoms with Crippen LogP contribution in [-0.4, -0.2) is 43.8 Å². The lowest BCUT2D eigenvalue weighted by Gasteiger charge is -2.17. The van der Waals surface area contributed by atoms with Crippen molar-refractivity contribution in [3.05, 3.63) is 35.4 Å². The van der Waals surface area contributed by atoms with Crippen molar-refractivity contribution in [2.45, 2.75) is 30.6 Å². The quantitative estimate of drug-likeness (QED) is 0.749. The molecule has 1 aromatic carbocycles. The van der Waals surface area contributed by atoms with Crippen LogP contribution in [0, 0.1) is 11.3 Å². The topological polar surface area (TPSA) is 87.7 Å². The Morgan fingerprint density at radius 1 is 1.43 bits per heavy atom. The van der Waals surface area contributed by atoms with Crippen molar-refractivity contribution >= 4 is 17.7 Å². The third-order valence-electron chi connectivity index (χ3n) is 3.61. The first-order valence-electron chi connectivity index (χ1n) is 7.31. The maximum atomic E-state index is 12.2. The molecule has 0 atom stereocenters. The normalized spacial score (nSPS) is 13.6. The fourth-order valence-electron chi connectivity index (χ4n) is 2.11. The van der Waals surface area contributed by atoms with Gasteiger partial charge in [-0.3, -0.25) is 4.79 Å². The number of aromatic nitrogens is 4. The van der Waals surface area contributed by atoms with Gasteiger partial charge in [0, 0.05) is 13.6 Å². The number of nitriles is 1. The van der Waals surface area contributed by atoms with E-state index in [0.717, 1.165) is 18.4 Å². The Bertz CT molecular complexity index is 731. The number of tetrazole rings is 1. The Balaban J connectivity index is 1.52. The average molecular weight is 328 g/mol. The van der Waals surface area contributed by atoms with Gasteiger partial charge >= 0.3 is 0 Å². The van der Waals surface area contributed by atoms with Crippen LogP contribution in [0.25, 0.3) is 0 Å². The second-order valence-electron chi connectivity index (χ2n) is 5.48. The molecule has 0 N–H and O–H groups in total. The molecule has 1 aromatic heterocycles. The van der Waals surface area contributed by atoms with Crippen molar-refractivity contribution in [1.82, 2.24) is 25.1 Å². The van der Waals surface area contributed by atoms with Gasteiger partial charge in [-0.15, -0.1) is 5.10 Å². The van der Waals surface area contributed by atoms with Gasteiger partial charge < -0.3 is 4.90 Å². The molecule has 0 aliphatic heterocycles. The van der Waals surface area contributed by atoms with Crippen LogP contribution in [0.5, 0.6) is 0 Å². The van der Waals surface area contributed by atoms with Gasteiger partial charge in [0.25, 0.3) is 0 Å². The molecule has 1 heterocycles. The molecule has 7 nitrogen and oxygen atoms in total. The fourth-order valence-corrected chi connectivity index (χ4v) is 3.00. The first-order chi connectivity index (χ1) is 11.2. The maximum absolute atomic E-state index is 12.2. The lowest BCUT2D eigenvalue weighted by atomic mass is 10.1. The number of thioether (sulfide) groups is 1. The molecule has 0 saturated heterocycles. The molecule has 1 aliphatic rings. The molecule has 1 saturated carbocycles. The number of nitrogens with zero attached hydrogens (tertiary/aromatic N) is 6. The number of rotatable bonds is 6. The van der Waals surface area contributed by atoms with Crippen LogP contribution in [0.1, 0.15) is 30.0 Å². The van der Waals surface area contributed by atoms with Crippen LogP contribution in [-0.2, 0) is 11.3 Å². The van der Waals surface area contributed by atoms with Crippen molar-refractivity contribution in [3.63, 3.8) is 0 Å². The maximum Gasteiger partial charge on any atom is 0.233 e. The molecule has 1 fully saturated rings. The van der Waals surface area contributed by atoms with Crippen molar-refractivity contribution in [2.24, 2.45) is 0 Å². The van der Waals surface area contributed by atoms with E-state index in [4.69, 9.17) is 5.26 Å². The van der Waals surface area contributed by atoms with Gasteiger partial charge in [0.15, 0.2) is 0 Å². The molecule has 1 amide bonds. The summed E-state index contributed by atoms with van der Waals surface area (Å²) in [5.74, 6) is 0.324. The summed E-state index contributed by atoms with van der Waals surface area (Å²) in [6.07, 6.45) is 2.20. The van der Waals surface area contributed by atoms with Crippen LogP contribution in [0.15, 0.2) is 29.4 Å². The SMILES string of the molecule is CN(Cc1ccc(C#N)cc1)C(=O)CSc1nnnn1C1CC1. The molecule has 0 bridgehead atoms. The Morgan fingerprint density at radius 2 is 2.17 bits per heavy atom. The molecular weight excluding hydrogens is 312 g/mol. The first kappa shape index (κ1) is 15.5. The van der Waals surface area contributed by atoms with E-state index in [9.17, 15) is 4.79 Å². The lowest BCUT2D eigenvalue weighted by Crippen LogP contribution is -2.27. The summed E-state index contributed by atoms with van der Waals surface area (Å²) < 4.78 is 1.80. The Morgan fingerprint density at radius 3 is 2.83 bits per heavy atom. The van der Waals surface area contributed by atoms with Gasteiger partial charge in [-0.25, -0.2) is 4.68 Å². The van der Waals surface area contributed by atoms with E-state index in [0.29, 0.717) is 29.1 Å². The number of carbonyl (C=O) groups is 1. The zero-order chi connectivity index (χ0) is 16.2. The van der Waals surface area contributed by atoms with Gasteiger partial charge in [-0.05, 0) is 41.0 Å². The predicted octanol–water partition coefficient (Wildman–Crippen LogP) is 1.63. The van der Waals surface area contributed by atoms with Crippen LogP contribution in [0.3, 0.4) is 0 Å². The lowest BCUT2D eigenvalue weighted by molar-refractivity contribution is -0.127. The summed E-state index contributed by atoms with van der Waals surface area (Å²) in [4.78, 5) is 13.9. The minimum atomic E-state index is 0.0182. The predicted molar refractivity (Wildman–Crippen MR) is 84.4 cm³/mol. The summed E-state index contributed by atoms with van der Waals surface area (Å²) >= 11 is 1.37. The van der Waals surface area contributed by atoms with Crippen molar-refractivity contribution in [2.75, 3.05) is 12.8 Å². The molecule has 0 spiro atoms. The van der Waals surface area contributed by atoms with Gasteiger partial charge in [0.1, 0.15) is 0 Å². The highest BCUT2D eigenvalue weighted by atomic mass is 32.2. The van der Waals surface area contributed by atoms with E-state index in [-0.39, 0.29) is 5.91 Å². The molecule has 3 rings (SSSR count). The minimum Gasteiger partial charge on any atom is -0.341 e. The second-order valence-corrected chi connectivity index (χ2v) is 6.43. The van der Waals surface area contributed by atoms with Crippen molar-refractivity contribution < 1.29 is 4.79 Å². The summed E-state index contributed by atoms with van der Waals surface area (Å²) in [5, 5.41) is 21.1. The standard InChI is InChI=1S/C15H16N6OS/c1-20(9-12-4-2-11(8-16)3-5-12)14(22)10-23-15-17-18-19-21(15)13-6-7-13/h2-5,13H,6-7,9-10H2,1H3. The van der Waals surface area contributed by atoms with Gasteiger partial charge in [-0.1, -0.05) is 23.9 Å². The van der Waals surface area contributed by atoms with Crippen molar-refractivity contribution in [1.29, 1.82) is 5.26 Å². The number of hydrogen-bond acceptors (Lipinski definition) is 6. The highest BCUT2D eigenvalue weighted by molar-refractivity contribution is 7.99. The monoisotopic (exact) mass is 328 g/mol. The van der Waals surface area contributed by atoms with Gasteiger partial charge in [0.05, 0.1) is 23.4 Å². The van der Waals surface area contributed by atoms with Gasteiger partial charge in [-0.2, -0.15) is 5.26 Å². The smallest absolute Gasteiger partial charge is 0.233 e. The molecule has 23 heavy (non-hydrogen) atoms. The Labute approximate surface area is 138 Å². The van der Waals surface area contributed by atoms with Crippen LogP contribution in [0.4, 0.5) is 0 Å². The molecule has 118 valence electrons. The van der Waals surface area contributed by atoms with Crippen LogP contribution in [0.2, 0.25) is 0 Å². The number of carbonyl (C=O) groups excluding carboxylic acids is 1. The summed E-state index contributed by atoms with van der Waals surface area (Å²) in [5.41, 5.74) is 1.61. The van der Waals surface area contributed by atoms with Crippen LogP contribution >= 0.6 is 11.8 Å². The van der Waals surface area contributed by atoms with Crippen LogP contribution < -0.4 is 0 Å². The number of hydrogen-bond donors (Lipinski definition) is 0. The van der Waals surface area contributed by atoms with E-state index >= 15 is 0 Å². The second kappa shape index (κ2) is 6.79. The zero-order valence-corrected chi connectivity index (χ0v) is 13.5. The summed E-state index contributed by atoms with van der Waals surface area (Å²) in [6, 6.07) is 9.72. The zero-order valence-electron chi connectivity index (χ0n) is 12.7. The molecule has 2 aromatic rings. The summed E-state index contributed by atoms with van der Waals surface area (Å²) in [6.45, 7) is 0.513. The van der Waals surface area contributed by atoms with E-state index in [1.807, 2.05) is 12.1 Å². The number of amides is 1. The van der Waals surface area contributed by atoms with E-state index in [1.54, 1.807) is 28.8 Å². The molecule has 8 heteroatoms.